The van der Waals surface area contributed by atoms with Gasteiger partial charge in [0.05, 0.1) is 13.2 Å². The third-order valence-corrected chi connectivity index (χ3v) is 3.85. The molecule has 1 atom stereocenters. The number of hydrogen-bond acceptors (Lipinski definition) is 4. The van der Waals surface area contributed by atoms with Crippen LogP contribution in [0.15, 0.2) is 24.3 Å². The van der Waals surface area contributed by atoms with E-state index in [0.717, 1.165) is 37.6 Å². The Hall–Kier alpha value is -1.59. The molecule has 0 aromatic heterocycles. The molecule has 0 radical (unpaired) electrons. The van der Waals surface area contributed by atoms with E-state index in [1.54, 1.807) is 12.0 Å². The van der Waals surface area contributed by atoms with Crippen LogP contribution in [0.4, 0.5) is 5.69 Å². The number of rotatable bonds is 4. The lowest BCUT2D eigenvalue weighted by molar-refractivity contribution is -0.123. The van der Waals surface area contributed by atoms with Crippen LogP contribution in [0.25, 0.3) is 0 Å². The molecule has 1 aromatic carbocycles. The number of benzene rings is 1. The highest BCUT2D eigenvalue weighted by atomic mass is 16.5. The largest absolute Gasteiger partial charge is 0.497 e. The van der Waals surface area contributed by atoms with Crippen LogP contribution in [-0.2, 0) is 4.79 Å². The maximum Gasteiger partial charge on any atom is 0.243 e. The molecule has 1 fully saturated rings. The van der Waals surface area contributed by atoms with Crippen LogP contribution in [0.3, 0.4) is 0 Å². The van der Waals surface area contributed by atoms with Crippen molar-refractivity contribution in [1.29, 1.82) is 0 Å². The summed E-state index contributed by atoms with van der Waals surface area (Å²) in [6, 6.07) is 7.45. The number of nitrogens with zero attached hydrogens (tertiary/aromatic N) is 2. The predicted octanol–water partition coefficient (Wildman–Crippen LogP) is 0.952. The van der Waals surface area contributed by atoms with Gasteiger partial charge in [0.2, 0.25) is 5.91 Å². The summed E-state index contributed by atoms with van der Waals surface area (Å²) in [6.45, 7) is 5.72. The number of methoxy groups -OCH3 is 1. The number of hydrogen-bond donors (Lipinski definition) is 1. The summed E-state index contributed by atoms with van der Waals surface area (Å²) < 4.78 is 5.13. The van der Waals surface area contributed by atoms with Crippen LogP contribution < -0.4 is 15.0 Å². The van der Waals surface area contributed by atoms with Gasteiger partial charge in [0.15, 0.2) is 0 Å². The molecule has 1 aromatic rings. The summed E-state index contributed by atoms with van der Waals surface area (Å²) in [6.07, 6.45) is 0. The minimum atomic E-state index is -0.0933. The maximum atomic E-state index is 12.5. The van der Waals surface area contributed by atoms with E-state index in [2.05, 4.69) is 10.2 Å². The Morgan fingerprint density at radius 2 is 1.90 bits per heavy atom. The first-order valence-corrected chi connectivity index (χ1v) is 7.00. The molecule has 20 heavy (non-hydrogen) atoms. The van der Waals surface area contributed by atoms with Gasteiger partial charge >= 0.3 is 0 Å². The van der Waals surface area contributed by atoms with E-state index in [4.69, 9.17) is 4.74 Å². The van der Waals surface area contributed by atoms with Gasteiger partial charge < -0.3 is 15.0 Å². The van der Waals surface area contributed by atoms with Gasteiger partial charge in [-0.05, 0) is 31.2 Å². The first-order valence-electron chi connectivity index (χ1n) is 7.00. The summed E-state index contributed by atoms with van der Waals surface area (Å²) in [7, 11) is 3.46. The standard InChI is InChI=1S/C15H23N3O2/c1-12(18-10-8-16-9-11-18)15(19)17(2)13-4-6-14(20-3)7-5-13/h4-7,12,16H,8-11H2,1-3H3. The van der Waals surface area contributed by atoms with Gasteiger partial charge in [0.25, 0.3) is 0 Å². The van der Waals surface area contributed by atoms with Gasteiger partial charge in [-0.15, -0.1) is 0 Å². The van der Waals surface area contributed by atoms with Crippen molar-refractivity contribution in [1.82, 2.24) is 10.2 Å². The van der Waals surface area contributed by atoms with Crippen molar-refractivity contribution in [3.05, 3.63) is 24.3 Å². The predicted molar refractivity (Wildman–Crippen MR) is 80.3 cm³/mol. The van der Waals surface area contributed by atoms with Crippen molar-refractivity contribution in [2.24, 2.45) is 0 Å². The average Bonchev–Trinajstić information content (AvgIpc) is 2.53. The third kappa shape index (κ3) is 3.29. The van der Waals surface area contributed by atoms with Crippen LogP contribution in [0, 0.1) is 0 Å². The monoisotopic (exact) mass is 277 g/mol. The lowest BCUT2D eigenvalue weighted by Gasteiger charge is -2.34. The Labute approximate surface area is 120 Å². The number of piperazine rings is 1. The van der Waals surface area contributed by atoms with Gasteiger partial charge in [-0.25, -0.2) is 0 Å². The van der Waals surface area contributed by atoms with Crippen molar-refractivity contribution in [3.8, 4) is 5.75 Å². The second-order valence-corrected chi connectivity index (χ2v) is 5.06. The molecule has 1 heterocycles. The molecule has 1 amide bonds. The van der Waals surface area contributed by atoms with E-state index in [1.165, 1.54) is 0 Å². The van der Waals surface area contributed by atoms with E-state index in [-0.39, 0.29) is 11.9 Å². The highest BCUT2D eigenvalue weighted by Gasteiger charge is 2.25. The zero-order valence-corrected chi connectivity index (χ0v) is 12.4. The van der Waals surface area contributed by atoms with Crippen molar-refractivity contribution in [3.63, 3.8) is 0 Å². The highest BCUT2D eigenvalue weighted by Crippen LogP contribution is 2.19. The highest BCUT2D eigenvalue weighted by molar-refractivity contribution is 5.96. The molecule has 2 rings (SSSR count). The molecule has 110 valence electrons. The minimum Gasteiger partial charge on any atom is -0.497 e. The lowest BCUT2D eigenvalue weighted by Crippen LogP contribution is -2.53. The zero-order chi connectivity index (χ0) is 14.5. The van der Waals surface area contributed by atoms with Crippen molar-refractivity contribution < 1.29 is 9.53 Å². The average molecular weight is 277 g/mol. The second kappa shape index (κ2) is 6.72. The molecule has 0 spiro atoms. The molecular formula is C15H23N3O2. The number of anilines is 1. The molecule has 0 saturated carbocycles. The molecule has 1 unspecified atom stereocenters. The Bertz CT molecular complexity index is 441. The number of carbonyl (C=O) groups is 1. The SMILES string of the molecule is COc1ccc(N(C)C(=O)C(C)N2CCNCC2)cc1. The summed E-state index contributed by atoms with van der Waals surface area (Å²) in [5.74, 6) is 0.918. The minimum absolute atomic E-state index is 0.0933. The first kappa shape index (κ1) is 14.8. The second-order valence-electron chi connectivity index (χ2n) is 5.06. The Balaban J connectivity index is 2.02. The maximum absolute atomic E-state index is 12.5. The summed E-state index contributed by atoms with van der Waals surface area (Å²) in [5, 5.41) is 3.30. The third-order valence-electron chi connectivity index (χ3n) is 3.85. The van der Waals surface area contributed by atoms with Crippen LogP contribution in [-0.4, -0.2) is 57.2 Å². The number of nitrogens with one attached hydrogen (secondary N) is 1. The molecule has 1 N–H and O–H groups in total. The Kier molecular flexibility index (Phi) is 4.98. The van der Waals surface area contributed by atoms with E-state index in [1.807, 2.05) is 38.2 Å². The topological polar surface area (TPSA) is 44.8 Å². The normalized spacial score (nSPS) is 17.6. The number of likely N-dealkylation sites (N-methyl/N-ethyl adjacent to an activating group) is 1. The van der Waals surface area contributed by atoms with Gasteiger partial charge in [0, 0.05) is 38.9 Å². The molecular weight excluding hydrogens is 254 g/mol. The van der Waals surface area contributed by atoms with Crippen LogP contribution in [0.1, 0.15) is 6.92 Å². The zero-order valence-electron chi connectivity index (χ0n) is 12.4. The fourth-order valence-electron chi connectivity index (χ4n) is 2.44. The Morgan fingerprint density at radius 3 is 2.45 bits per heavy atom. The molecule has 0 aliphatic carbocycles. The molecule has 5 heteroatoms. The van der Waals surface area contributed by atoms with E-state index in [0.29, 0.717) is 0 Å². The molecule has 1 saturated heterocycles. The van der Waals surface area contributed by atoms with Crippen LogP contribution in [0.2, 0.25) is 0 Å². The molecule has 1 aliphatic heterocycles. The number of ether oxygens (including phenoxy) is 1. The van der Waals surface area contributed by atoms with Gasteiger partial charge in [-0.2, -0.15) is 0 Å². The lowest BCUT2D eigenvalue weighted by atomic mass is 10.2. The molecule has 1 aliphatic rings. The number of amides is 1. The van der Waals surface area contributed by atoms with E-state index >= 15 is 0 Å². The van der Waals surface area contributed by atoms with Crippen LogP contribution in [0.5, 0.6) is 5.75 Å². The Morgan fingerprint density at radius 1 is 1.30 bits per heavy atom. The summed E-state index contributed by atoms with van der Waals surface area (Å²) in [4.78, 5) is 16.5. The molecule has 0 bridgehead atoms. The fourth-order valence-corrected chi connectivity index (χ4v) is 2.44. The van der Waals surface area contributed by atoms with Gasteiger partial charge in [-0.1, -0.05) is 0 Å². The molecule has 5 nitrogen and oxygen atoms in total. The van der Waals surface area contributed by atoms with Gasteiger partial charge in [-0.3, -0.25) is 9.69 Å². The fraction of sp³-hybridized carbons (Fsp3) is 0.533. The summed E-state index contributed by atoms with van der Waals surface area (Å²) in [5.41, 5.74) is 0.887. The van der Waals surface area contributed by atoms with E-state index < -0.39 is 0 Å². The number of carbonyl (C=O) groups excluding carboxylic acids is 1. The van der Waals surface area contributed by atoms with Crippen LogP contribution >= 0.6 is 0 Å². The first-order chi connectivity index (χ1) is 9.63. The smallest absolute Gasteiger partial charge is 0.243 e. The van der Waals surface area contributed by atoms with E-state index in [9.17, 15) is 4.79 Å². The quantitative estimate of drug-likeness (QED) is 0.890. The van der Waals surface area contributed by atoms with Crippen molar-refractivity contribution in [2.45, 2.75) is 13.0 Å². The summed E-state index contributed by atoms with van der Waals surface area (Å²) >= 11 is 0. The van der Waals surface area contributed by atoms with Crippen molar-refractivity contribution in [2.75, 3.05) is 45.2 Å². The van der Waals surface area contributed by atoms with Gasteiger partial charge in [0.1, 0.15) is 5.75 Å². The van der Waals surface area contributed by atoms with Crippen molar-refractivity contribution >= 4 is 11.6 Å².